The van der Waals surface area contributed by atoms with E-state index in [0.717, 1.165) is 37.8 Å². The summed E-state index contributed by atoms with van der Waals surface area (Å²) in [5.41, 5.74) is 4.04. The van der Waals surface area contributed by atoms with E-state index in [0.29, 0.717) is 6.04 Å². The third-order valence-electron chi connectivity index (χ3n) is 5.94. The molecule has 1 fully saturated rings. The lowest BCUT2D eigenvalue weighted by molar-refractivity contribution is 0.149. The minimum Gasteiger partial charge on any atom is -0.367 e. The molecule has 3 heterocycles. The van der Waals surface area contributed by atoms with E-state index in [4.69, 9.17) is 9.97 Å². The van der Waals surface area contributed by atoms with Crippen LogP contribution in [-0.4, -0.2) is 58.1 Å². The Balaban J connectivity index is 1.58. The van der Waals surface area contributed by atoms with Gasteiger partial charge in [0.05, 0.1) is 12.0 Å². The Bertz CT molecular complexity index is 774. The first kappa shape index (κ1) is 18.2. The van der Waals surface area contributed by atoms with Crippen molar-refractivity contribution in [3.8, 4) is 0 Å². The van der Waals surface area contributed by atoms with Crippen LogP contribution in [-0.2, 0) is 18.4 Å². The molecule has 0 atom stereocenters. The number of fused-ring (bicyclic) bond motifs is 2. The number of likely N-dealkylation sites (tertiary alicyclic amines) is 1. The van der Waals surface area contributed by atoms with Crippen molar-refractivity contribution in [3.63, 3.8) is 0 Å². The van der Waals surface area contributed by atoms with Crippen molar-refractivity contribution in [2.45, 2.75) is 57.5 Å². The average Bonchev–Trinajstić information content (AvgIpc) is 3.25. The minimum absolute atomic E-state index is 0.209. The van der Waals surface area contributed by atoms with Crippen molar-refractivity contribution in [1.29, 1.82) is 0 Å². The van der Waals surface area contributed by atoms with E-state index in [1.165, 1.54) is 36.2 Å². The highest BCUT2D eigenvalue weighted by atomic mass is 15.2. The van der Waals surface area contributed by atoms with Crippen molar-refractivity contribution in [1.82, 2.24) is 24.8 Å². The first-order valence-corrected chi connectivity index (χ1v) is 10.0. The normalized spacial score (nSPS) is 18.9. The van der Waals surface area contributed by atoms with Crippen LogP contribution < -0.4 is 10.2 Å². The summed E-state index contributed by atoms with van der Waals surface area (Å²) in [4.78, 5) is 21.7. The largest absolute Gasteiger partial charge is 0.367 e. The zero-order valence-corrected chi connectivity index (χ0v) is 16.9. The third kappa shape index (κ3) is 3.52. The molecule has 0 radical (unpaired) electrons. The Kier molecular flexibility index (Phi) is 4.80. The second-order valence-corrected chi connectivity index (χ2v) is 8.53. The number of nitrogens with one attached hydrogen (secondary N) is 2. The maximum Gasteiger partial charge on any atom is 0.227 e. The molecule has 1 saturated heterocycles. The van der Waals surface area contributed by atoms with E-state index < -0.39 is 0 Å². The lowest BCUT2D eigenvalue weighted by Crippen LogP contribution is -2.41. The first-order chi connectivity index (χ1) is 13.0. The van der Waals surface area contributed by atoms with E-state index in [1.54, 1.807) is 6.33 Å². The van der Waals surface area contributed by atoms with Crippen molar-refractivity contribution in [3.05, 3.63) is 29.5 Å². The Morgan fingerprint density at radius 2 is 2.00 bits per heavy atom. The van der Waals surface area contributed by atoms with Crippen LogP contribution in [0, 0.1) is 0 Å². The molecule has 7 heteroatoms. The molecule has 146 valence electrons. The van der Waals surface area contributed by atoms with Crippen LogP contribution in [0.25, 0.3) is 0 Å². The summed E-state index contributed by atoms with van der Waals surface area (Å²) in [5, 5.41) is 3.56. The number of piperidine rings is 1. The van der Waals surface area contributed by atoms with Crippen LogP contribution in [0.2, 0.25) is 0 Å². The van der Waals surface area contributed by atoms with Crippen LogP contribution in [0.3, 0.4) is 0 Å². The fraction of sp³-hybridized carbons (Fsp3) is 0.650. The molecule has 1 spiro atoms. The summed E-state index contributed by atoms with van der Waals surface area (Å²) in [6.07, 6.45) is 8.29. The summed E-state index contributed by atoms with van der Waals surface area (Å²) in [6, 6.07) is 0.367. The number of anilines is 2. The van der Waals surface area contributed by atoms with Crippen molar-refractivity contribution in [2.24, 2.45) is 0 Å². The highest BCUT2D eigenvalue weighted by molar-refractivity contribution is 5.56. The molecule has 0 unspecified atom stereocenters. The lowest BCUT2D eigenvalue weighted by atomic mass is 9.76. The standard InChI is InChI=1S/C20H31N7/c1-14(2)23-18-16-5-6-20(17(16)24-19(25-18)26(3)4)7-9-27(10-8-20)12-15-11-21-13-22-15/h11,13-14H,5-10,12H2,1-4H3,(H,21,22)(H,23,24,25). The number of hydrogen-bond acceptors (Lipinski definition) is 6. The Morgan fingerprint density at radius 1 is 1.22 bits per heavy atom. The smallest absolute Gasteiger partial charge is 0.227 e. The Hall–Kier alpha value is -2.15. The second-order valence-electron chi connectivity index (χ2n) is 8.53. The molecular formula is C20H31N7. The zero-order chi connectivity index (χ0) is 19.0. The van der Waals surface area contributed by atoms with Gasteiger partial charge in [-0.15, -0.1) is 0 Å². The molecule has 0 saturated carbocycles. The van der Waals surface area contributed by atoms with E-state index in [1.807, 2.05) is 25.2 Å². The number of aromatic amines is 1. The Labute approximate surface area is 161 Å². The van der Waals surface area contributed by atoms with Gasteiger partial charge in [0.2, 0.25) is 5.95 Å². The molecule has 1 aliphatic carbocycles. The summed E-state index contributed by atoms with van der Waals surface area (Å²) in [7, 11) is 4.05. The molecule has 0 amide bonds. The minimum atomic E-state index is 0.209. The maximum atomic E-state index is 5.04. The first-order valence-electron chi connectivity index (χ1n) is 10.0. The third-order valence-corrected chi connectivity index (χ3v) is 5.94. The van der Waals surface area contributed by atoms with Crippen molar-refractivity contribution < 1.29 is 0 Å². The SMILES string of the molecule is CC(C)Nc1nc(N(C)C)nc2c1CCC21CCN(Cc2cnc[nH]2)CC1. The molecule has 0 bridgehead atoms. The van der Waals surface area contributed by atoms with Gasteiger partial charge in [-0.2, -0.15) is 4.98 Å². The molecule has 1 aliphatic heterocycles. The fourth-order valence-corrected chi connectivity index (χ4v) is 4.46. The highest BCUT2D eigenvalue weighted by Crippen LogP contribution is 2.47. The van der Waals surface area contributed by atoms with Crippen LogP contribution in [0.4, 0.5) is 11.8 Å². The molecule has 27 heavy (non-hydrogen) atoms. The molecule has 2 N–H and O–H groups in total. The molecule has 7 nitrogen and oxygen atoms in total. The average molecular weight is 370 g/mol. The topological polar surface area (TPSA) is 73.0 Å². The Morgan fingerprint density at radius 3 is 2.63 bits per heavy atom. The van der Waals surface area contributed by atoms with Crippen LogP contribution in [0.1, 0.15) is 50.1 Å². The number of aromatic nitrogens is 4. The van der Waals surface area contributed by atoms with Crippen molar-refractivity contribution in [2.75, 3.05) is 37.4 Å². The highest BCUT2D eigenvalue weighted by Gasteiger charge is 2.44. The summed E-state index contributed by atoms with van der Waals surface area (Å²) >= 11 is 0. The zero-order valence-electron chi connectivity index (χ0n) is 16.9. The van der Waals surface area contributed by atoms with E-state index in [2.05, 4.69) is 34.0 Å². The molecule has 2 aromatic rings. The maximum absolute atomic E-state index is 5.04. The lowest BCUT2D eigenvalue weighted by Gasteiger charge is -2.39. The number of hydrogen-bond donors (Lipinski definition) is 2. The predicted molar refractivity (Wildman–Crippen MR) is 108 cm³/mol. The van der Waals surface area contributed by atoms with Crippen LogP contribution in [0.5, 0.6) is 0 Å². The molecule has 4 rings (SSSR count). The number of H-pyrrole nitrogens is 1. The van der Waals surface area contributed by atoms with Gasteiger partial charge >= 0.3 is 0 Å². The van der Waals surface area contributed by atoms with Gasteiger partial charge < -0.3 is 15.2 Å². The number of imidazole rings is 1. The van der Waals surface area contributed by atoms with Crippen LogP contribution in [0.15, 0.2) is 12.5 Å². The van der Waals surface area contributed by atoms with Gasteiger partial charge in [-0.3, -0.25) is 4.90 Å². The van der Waals surface area contributed by atoms with Gasteiger partial charge in [-0.25, -0.2) is 9.97 Å². The molecule has 2 aromatic heterocycles. The second kappa shape index (κ2) is 7.11. The number of nitrogens with zero attached hydrogens (tertiary/aromatic N) is 5. The van der Waals surface area contributed by atoms with Gasteiger partial charge in [0, 0.05) is 49.6 Å². The van der Waals surface area contributed by atoms with Gasteiger partial charge in [-0.05, 0) is 52.6 Å². The van der Waals surface area contributed by atoms with Gasteiger partial charge in [0.1, 0.15) is 5.82 Å². The van der Waals surface area contributed by atoms with Crippen LogP contribution >= 0.6 is 0 Å². The van der Waals surface area contributed by atoms with E-state index >= 15 is 0 Å². The molecule has 0 aromatic carbocycles. The van der Waals surface area contributed by atoms with Gasteiger partial charge in [-0.1, -0.05) is 0 Å². The fourth-order valence-electron chi connectivity index (χ4n) is 4.46. The van der Waals surface area contributed by atoms with Gasteiger partial charge in [0.15, 0.2) is 0 Å². The summed E-state index contributed by atoms with van der Waals surface area (Å²) in [6.45, 7) is 7.50. The van der Waals surface area contributed by atoms with E-state index in [-0.39, 0.29) is 5.41 Å². The molecular weight excluding hydrogens is 338 g/mol. The monoisotopic (exact) mass is 369 g/mol. The molecule has 2 aliphatic rings. The van der Waals surface area contributed by atoms with Crippen molar-refractivity contribution >= 4 is 11.8 Å². The number of rotatable bonds is 5. The summed E-state index contributed by atoms with van der Waals surface area (Å²) < 4.78 is 0. The van der Waals surface area contributed by atoms with E-state index in [9.17, 15) is 0 Å². The van der Waals surface area contributed by atoms with Gasteiger partial charge in [0.25, 0.3) is 0 Å². The predicted octanol–water partition coefficient (Wildman–Crippen LogP) is 2.57. The summed E-state index contributed by atoms with van der Waals surface area (Å²) in [5.74, 6) is 1.86. The quantitative estimate of drug-likeness (QED) is 0.844.